The van der Waals surface area contributed by atoms with E-state index in [4.69, 9.17) is 4.74 Å². The highest BCUT2D eigenvalue weighted by Gasteiger charge is 2.30. The van der Waals surface area contributed by atoms with Crippen LogP contribution in [0.3, 0.4) is 0 Å². The average molecular weight is 560 g/mol. The van der Waals surface area contributed by atoms with Crippen LogP contribution < -0.4 is 10.6 Å². The van der Waals surface area contributed by atoms with E-state index >= 15 is 0 Å². The maximum Gasteiger partial charge on any atom is 0.407 e. The van der Waals surface area contributed by atoms with Crippen molar-refractivity contribution in [1.29, 1.82) is 0 Å². The number of benzene rings is 4. The molecule has 5 aromatic rings. The number of ether oxygens (including phenoxy) is 1. The van der Waals surface area contributed by atoms with E-state index in [1.54, 1.807) is 0 Å². The Hall–Kier alpha value is -4.88. The molecule has 212 valence electrons. The first-order valence-electron chi connectivity index (χ1n) is 14.2. The molecule has 1 heterocycles. The molecule has 0 saturated carbocycles. The summed E-state index contributed by atoms with van der Waals surface area (Å²) in [6.45, 7) is -0.0834. The molecule has 0 aliphatic heterocycles. The fourth-order valence-electron chi connectivity index (χ4n) is 5.87. The molecule has 2 amide bonds. The van der Waals surface area contributed by atoms with Crippen LogP contribution in [-0.4, -0.2) is 47.4 Å². The van der Waals surface area contributed by atoms with Gasteiger partial charge in [-0.15, -0.1) is 0 Å². The number of para-hydroxylation sites is 1. The van der Waals surface area contributed by atoms with E-state index in [1.807, 2.05) is 85.1 Å². The molecule has 1 aliphatic rings. The SMILES string of the molecule is O=C(N[C@@H](Cc1c[nH]c2ccccc12)C(=O)N[C@H](CO)Cc1ccccc1)OCC1c2ccccc2-c2ccccc21. The maximum atomic E-state index is 13.6. The van der Waals surface area contributed by atoms with Gasteiger partial charge in [-0.2, -0.15) is 0 Å². The molecule has 7 nitrogen and oxygen atoms in total. The number of aliphatic hydroxyl groups is 1. The fourth-order valence-corrected chi connectivity index (χ4v) is 5.87. The number of fused-ring (bicyclic) bond motifs is 4. The maximum absolute atomic E-state index is 13.6. The monoisotopic (exact) mass is 559 g/mol. The molecule has 42 heavy (non-hydrogen) atoms. The Morgan fingerprint density at radius 2 is 1.43 bits per heavy atom. The third-order valence-electron chi connectivity index (χ3n) is 7.94. The summed E-state index contributed by atoms with van der Waals surface area (Å²) in [5.41, 5.74) is 7.37. The molecule has 0 fully saturated rings. The number of rotatable bonds is 10. The van der Waals surface area contributed by atoms with Crippen molar-refractivity contribution in [3.8, 4) is 11.1 Å². The molecule has 0 radical (unpaired) electrons. The predicted octanol–water partition coefficient (Wildman–Crippen LogP) is 5.34. The second-order valence-electron chi connectivity index (χ2n) is 10.7. The molecule has 2 atom stereocenters. The molecular formula is C35H33N3O4. The number of H-pyrrole nitrogens is 1. The standard InChI is InChI=1S/C35H33N3O4/c39-21-25(18-23-10-2-1-3-11-23)37-34(40)33(19-24-20-36-32-17-9-8-12-26(24)32)38-35(41)42-22-31-29-15-6-4-13-27(29)28-14-5-7-16-30(28)31/h1-17,20,25,31,33,36,39H,18-19,21-22H2,(H,37,40)(H,38,41)/t25-,33-/m0/s1. The van der Waals surface area contributed by atoms with E-state index in [0.29, 0.717) is 6.42 Å². The van der Waals surface area contributed by atoms with E-state index in [1.165, 1.54) is 0 Å². The summed E-state index contributed by atoms with van der Waals surface area (Å²) in [5, 5.41) is 16.8. The van der Waals surface area contributed by atoms with Gasteiger partial charge < -0.3 is 25.5 Å². The average Bonchev–Trinajstić information content (AvgIpc) is 3.58. The first-order chi connectivity index (χ1) is 20.6. The van der Waals surface area contributed by atoms with Gasteiger partial charge >= 0.3 is 6.09 Å². The van der Waals surface area contributed by atoms with E-state index in [-0.39, 0.29) is 31.5 Å². The van der Waals surface area contributed by atoms with Gasteiger partial charge in [0.2, 0.25) is 5.91 Å². The zero-order valence-electron chi connectivity index (χ0n) is 23.1. The molecule has 4 N–H and O–H groups in total. The van der Waals surface area contributed by atoms with Crippen LogP contribution in [0.5, 0.6) is 0 Å². The number of aromatic nitrogens is 1. The van der Waals surface area contributed by atoms with Crippen LogP contribution >= 0.6 is 0 Å². The van der Waals surface area contributed by atoms with Gasteiger partial charge in [0, 0.05) is 29.4 Å². The van der Waals surface area contributed by atoms with E-state index in [0.717, 1.165) is 44.3 Å². The largest absolute Gasteiger partial charge is 0.449 e. The Kier molecular flexibility index (Phi) is 8.01. The van der Waals surface area contributed by atoms with Crippen LogP contribution in [0.15, 0.2) is 109 Å². The highest BCUT2D eigenvalue weighted by atomic mass is 16.5. The van der Waals surface area contributed by atoms with Crippen LogP contribution in [0.4, 0.5) is 4.79 Å². The third kappa shape index (κ3) is 5.78. The Morgan fingerprint density at radius 1 is 0.786 bits per heavy atom. The zero-order valence-corrected chi connectivity index (χ0v) is 23.1. The molecule has 0 spiro atoms. The first kappa shape index (κ1) is 27.3. The summed E-state index contributed by atoms with van der Waals surface area (Å²) >= 11 is 0. The van der Waals surface area contributed by atoms with Crippen molar-refractivity contribution in [2.45, 2.75) is 30.8 Å². The van der Waals surface area contributed by atoms with Gasteiger partial charge in [-0.3, -0.25) is 4.79 Å². The van der Waals surface area contributed by atoms with Crippen molar-refractivity contribution in [1.82, 2.24) is 15.6 Å². The molecule has 0 saturated heterocycles. The summed E-state index contributed by atoms with van der Waals surface area (Å²) in [5.74, 6) is -0.475. The molecule has 6 rings (SSSR count). The van der Waals surface area contributed by atoms with Gasteiger partial charge in [-0.1, -0.05) is 97.1 Å². The van der Waals surface area contributed by atoms with Gasteiger partial charge in [0.05, 0.1) is 12.6 Å². The van der Waals surface area contributed by atoms with Crippen LogP contribution in [0.2, 0.25) is 0 Å². The van der Waals surface area contributed by atoms with E-state index < -0.39 is 18.2 Å². The van der Waals surface area contributed by atoms with Crippen LogP contribution in [0, 0.1) is 0 Å². The third-order valence-corrected chi connectivity index (χ3v) is 7.94. The summed E-state index contributed by atoms with van der Waals surface area (Å²) in [6, 6.07) is 32.4. The minimum absolute atomic E-state index is 0.0892. The molecular weight excluding hydrogens is 526 g/mol. The highest BCUT2D eigenvalue weighted by molar-refractivity contribution is 5.88. The molecule has 0 bridgehead atoms. The summed E-state index contributed by atoms with van der Waals surface area (Å²) < 4.78 is 5.77. The zero-order chi connectivity index (χ0) is 28.9. The number of aromatic amines is 1. The van der Waals surface area contributed by atoms with Crippen molar-refractivity contribution < 1.29 is 19.4 Å². The molecule has 1 aromatic heterocycles. The molecule has 0 unspecified atom stereocenters. The lowest BCUT2D eigenvalue weighted by Crippen LogP contribution is -2.52. The lowest BCUT2D eigenvalue weighted by molar-refractivity contribution is -0.124. The number of carbonyl (C=O) groups is 2. The van der Waals surface area contributed by atoms with Gasteiger partial charge in [0.1, 0.15) is 12.6 Å². The summed E-state index contributed by atoms with van der Waals surface area (Å²) in [4.78, 5) is 30.0. The minimum Gasteiger partial charge on any atom is -0.449 e. The minimum atomic E-state index is -0.912. The summed E-state index contributed by atoms with van der Waals surface area (Å²) in [6.07, 6.45) is 1.91. The quantitative estimate of drug-likeness (QED) is 0.186. The van der Waals surface area contributed by atoms with Crippen molar-refractivity contribution in [2.24, 2.45) is 0 Å². The second-order valence-corrected chi connectivity index (χ2v) is 10.7. The molecule has 1 aliphatic carbocycles. The van der Waals surface area contributed by atoms with Gasteiger partial charge in [0.15, 0.2) is 0 Å². The highest BCUT2D eigenvalue weighted by Crippen LogP contribution is 2.44. The van der Waals surface area contributed by atoms with Crippen LogP contribution in [-0.2, 0) is 22.4 Å². The smallest absolute Gasteiger partial charge is 0.407 e. The Balaban J connectivity index is 1.18. The van der Waals surface area contributed by atoms with Crippen molar-refractivity contribution in [2.75, 3.05) is 13.2 Å². The number of hydrogen-bond donors (Lipinski definition) is 4. The molecule has 7 heteroatoms. The van der Waals surface area contributed by atoms with E-state index in [9.17, 15) is 14.7 Å². The predicted molar refractivity (Wildman–Crippen MR) is 163 cm³/mol. The van der Waals surface area contributed by atoms with Crippen LogP contribution in [0.1, 0.15) is 28.2 Å². The Labute approximate surface area is 244 Å². The van der Waals surface area contributed by atoms with Crippen molar-refractivity contribution >= 4 is 22.9 Å². The lowest BCUT2D eigenvalue weighted by atomic mass is 9.98. The topological polar surface area (TPSA) is 103 Å². The van der Waals surface area contributed by atoms with Crippen molar-refractivity contribution in [3.05, 3.63) is 132 Å². The van der Waals surface area contributed by atoms with Gasteiger partial charge in [-0.25, -0.2) is 4.79 Å². The normalized spacial score (nSPS) is 13.6. The van der Waals surface area contributed by atoms with E-state index in [2.05, 4.69) is 39.9 Å². The molecule has 4 aromatic carbocycles. The Bertz CT molecular complexity index is 1650. The van der Waals surface area contributed by atoms with Gasteiger partial charge in [0.25, 0.3) is 0 Å². The summed E-state index contributed by atoms with van der Waals surface area (Å²) in [7, 11) is 0. The number of amides is 2. The first-order valence-corrected chi connectivity index (χ1v) is 14.2. The number of hydrogen-bond acceptors (Lipinski definition) is 4. The Morgan fingerprint density at radius 3 is 2.14 bits per heavy atom. The number of nitrogens with one attached hydrogen (secondary N) is 3. The number of carbonyl (C=O) groups excluding carboxylic acids is 2. The van der Waals surface area contributed by atoms with Crippen LogP contribution in [0.25, 0.3) is 22.0 Å². The van der Waals surface area contributed by atoms with Gasteiger partial charge in [-0.05, 0) is 45.9 Å². The second kappa shape index (κ2) is 12.3. The fraction of sp³-hybridized carbons (Fsp3) is 0.200. The number of aliphatic hydroxyl groups excluding tert-OH is 1. The lowest BCUT2D eigenvalue weighted by Gasteiger charge is -2.23. The number of alkyl carbamates (subject to hydrolysis) is 1. The van der Waals surface area contributed by atoms with Crippen molar-refractivity contribution in [3.63, 3.8) is 0 Å².